The molecule has 0 aromatic carbocycles. The summed E-state index contributed by atoms with van der Waals surface area (Å²) in [6.45, 7) is 1.20. The molecule has 50 valence electrons. The van der Waals surface area contributed by atoms with E-state index in [1.165, 1.54) is 36.6 Å². The standard InChI is InChI=1S/C7H11NS/c1-2-6-3-5-9-7(6)8-4-1/h8H,1-5H2. The topological polar surface area (TPSA) is 12.0 Å². The Morgan fingerprint density at radius 1 is 1.33 bits per heavy atom. The lowest BCUT2D eigenvalue weighted by Gasteiger charge is -2.14. The lowest BCUT2D eigenvalue weighted by molar-refractivity contribution is 0.682. The normalized spacial score (nSPS) is 25.8. The first-order chi connectivity index (χ1) is 4.47. The third-order valence-corrected chi connectivity index (χ3v) is 3.04. The zero-order valence-electron chi connectivity index (χ0n) is 5.44. The first-order valence-electron chi connectivity index (χ1n) is 3.55. The van der Waals surface area contributed by atoms with Crippen LogP contribution in [0.2, 0.25) is 0 Å². The summed E-state index contributed by atoms with van der Waals surface area (Å²) < 4.78 is 0. The van der Waals surface area contributed by atoms with Crippen molar-refractivity contribution in [2.45, 2.75) is 19.3 Å². The van der Waals surface area contributed by atoms with Gasteiger partial charge in [-0.15, -0.1) is 11.8 Å². The molecule has 0 fully saturated rings. The Morgan fingerprint density at radius 2 is 2.33 bits per heavy atom. The maximum Gasteiger partial charge on any atom is 0.0673 e. The van der Waals surface area contributed by atoms with E-state index in [4.69, 9.17) is 0 Å². The molecule has 9 heavy (non-hydrogen) atoms. The molecule has 0 saturated carbocycles. The predicted octanol–water partition coefficient (Wildman–Crippen LogP) is 1.72. The van der Waals surface area contributed by atoms with Crippen LogP contribution < -0.4 is 5.32 Å². The van der Waals surface area contributed by atoms with Crippen LogP contribution in [0.3, 0.4) is 0 Å². The van der Waals surface area contributed by atoms with Crippen LogP contribution in [0.1, 0.15) is 19.3 Å². The number of rotatable bonds is 0. The Morgan fingerprint density at radius 3 is 3.22 bits per heavy atom. The Balaban J connectivity index is 2.17. The maximum atomic E-state index is 3.42. The highest BCUT2D eigenvalue weighted by molar-refractivity contribution is 8.03. The van der Waals surface area contributed by atoms with Gasteiger partial charge in [0.25, 0.3) is 0 Å². The predicted molar refractivity (Wildman–Crippen MR) is 41.3 cm³/mol. The van der Waals surface area contributed by atoms with Crippen molar-refractivity contribution in [2.24, 2.45) is 0 Å². The summed E-state index contributed by atoms with van der Waals surface area (Å²) in [6.07, 6.45) is 4.04. The molecular formula is C7H11NS. The van der Waals surface area contributed by atoms with Crippen molar-refractivity contribution in [3.8, 4) is 0 Å². The third-order valence-electron chi connectivity index (χ3n) is 1.91. The molecule has 2 heteroatoms. The molecule has 0 spiro atoms. The van der Waals surface area contributed by atoms with Crippen LogP contribution in [0, 0.1) is 0 Å². The van der Waals surface area contributed by atoms with Crippen molar-refractivity contribution in [1.29, 1.82) is 0 Å². The highest BCUT2D eigenvalue weighted by Gasteiger charge is 2.17. The third kappa shape index (κ3) is 0.960. The Kier molecular flexibility index (Phi) is 1.42. The van der Waals surface area contributed by atoms with Crippen molar-refractivity contribution in [3.63, 3.8) is 0 Å². The number of nitrogens with one attached hydrogen (secondary N) is 1. The Bertz CT molecular complexity index is 135. The molecule has 0 saturated heterocycles. The van der Waals surface area contributed by atoms with Gasteiger partial charge in [-0.1, -0.05) is 0 Å². The fourth-order valence-corrected chi connectivity index (χ4v) is 2.58. The summed E-state index contributed by atoms with van der Waals surface area (Å²) in [7, 11) is 0. The van der Waals surface area contributed by atoms with E-state index in [9.17, 15) is 0 Å². The number of thioether (sulfide) groups is 1. The first kappa shape index (κ1) is 5.66. The van der Waals surface area contributed by atoms with E-state index in [0.717, 1.165) is 0 Å². The molecular weight excluding hydrogens is 130 g/mol. The quantitative estimate of drug-likeness (QED) is 0.551. The average Bonchev–Trinajstić information content (AvgIpc) is 2.33. The molecule has 0 aromatic heterocycles. The first-order valence-corrected chi connectivity index (χ1v) is 4.54. The van der Waals surface area contributed by atoms with E-state index in [-0.39, 0.29) is 0 Å². The van der Waals surface area contributed by atoms with E-state index < -0.39 is 0 Å². The van der Waals surface area contributed by atoms with Gasteiger partial charge in [0.2, 0.25) is 0 Å². The summed E-state index contributed by atoms with van der Waals surface area (Å²) in [5.74, 6) is 1.32. The Labute approximate surface area is 59.9 Å². The zero-order valence-corrected chi connectivity index (χ0v) is 6.26. The minimum Gasteiger partial charge on any atom is -0.380 e. The van der Waals surface area contributed by atoms with Gasteiger partial charge < -0.3 is 5.32 Å². The van der Waals surface area contributed by atoms with E-state index >= 15 is 0 Å². The fraction of sp³-hybridized carbons (Fsp3) is 0.714. The highest BCUT2D eigenvalue weighted by atomic mass is 32.2. The second-order valence-corrected chi connectivity index (χ2v) is 3.67. The average molecular weight is 141 g/mol. The molecule has 0 unspecified atom stereocenters. The van der Waals surface area contributed by atoms with Gasteiger partial charge in [-0.25, -0.2) is 0 Å². The van der Waals surface area contributed by atoms with Crippen molar-refractivity contribution in [1.82, 2.24) is 5.32 Å². The molecule has 0 amide bonds. The van der Waals surface area contributed by atoms with Gasteiger partial charge in [0.15, 0.2) is 0 Å². The van der Waals surface area contributed by atoms with Crippen LogP contribution in [0.5, 0.6) is 0 Å². The highest BCUT2D eigenvalue weighted by Crippen LogP contribution is 2.33. The van der Waals surface area contributed by atoms with Crippen molar-refractivity contribution in [2.75, 3.05) is 12.3 Å². The van der Waals surface area contributed by atoms with Crippen molar-refractivity contribution >= 4 is 11.8 Å². The van der Waals surface area contributed by atoms with Gasteiger partial charge in [0.05, 0.1) is 5.03 Å². The van der Waals surface area contributed by atoms with Crippen LogP contribution in [-0.4, -0.2) is 12.3 Å². The molecule has 0 bridgehead atoms. The van der Waals surface area contributed by atoms with Crippen LogP contribution in [0.15, 0.2) is 10.6 Å². The summed E-state index contributed by atoms with van der Waals surface area (Å²) in [5.41, 5.74) is 1.69. The summed E-state index contributed by atoms with van der Waals surface area (Å²) in [4.78, 5) is 0. The van der Waals surface area contributed by atoms with E-state index in [0.29, 0.717) is 0 Å². The fourth-order valence-electron chi connectivity index (χ4n) is 1.41. The molecule has 0 atom stereocenters. The number of hydrogen-bond acceptors (Lipinski definition) is 2. The monoisotopic (exact) mass is 141 g/mol. The largest absolute Gasteiger partial charge is 0.380 e. The number of hydrogen-bond donors (Lipinski definition) is 1. The minimum atomic E-state index is 1.20. The van der Waals surface area contributed by atoms with Gasteiger partial charge in [0.1, 0.15) is 0 Å². The van der Waals surface area contributed by atoms with Crippen LogP contribution in [-0.2, 0) is 0 Å². The molecule has 0 aromatic rings. The smallest absolute Gasteiger partial charge is 0.0673 e. The summed E-state index contributed by atoms with van der Waals surface area (Å²) in [6, 6.07) is 0. The van der Waals surface area contributed by atoms with Gasteiger partial charge in [-0.2, -0.15) is 0 Å². The van der Waals surface area contributed by atoms with Crippen LogP contribution in [0.25, 0.3) is 0 Å². The molecule has 0 radical (unpaired) electrons. The van der Waals surface area contributed by atoms with Gasteiger partial charge in [0, 0.05) is 12.3 Å². The lowest BCUT2D eigenvalue weighted by Crippen LogP contribution is -2.17. The maximum absolute atomic E-state index is 3.42. The van der Waals surface area contributed by atoms with Crippen molar-refractivity contribution in [3.05, 3.63) is 10.6 Å². The Hall–Kier alpha value is -0.110. The van der Waals surface area contributed by atoms with E-state index in [2.05, 4.69) is 5.32 Å². The molecule has 2 aliphatic heterocycles. The van der Waals surface area contributed by atoms with Crippen molar-refractivity contribution < 1.29 is 0 Å². The van der Waals surface area contributed by atoms with Crippen LogP contribution >= 0.6 is 11.8 Å². The second-order valence-electron chi connectivity index (χ2n) is 2.56. The summed E-state index contributed by atoms with van der Waals surface area (Å²) >= 11 is 1.99. The van der Waals surface area contributed by atoms with Gasteiger partial charge in [-0.05, 0) is 24.8 Å². The zero-order chi connectivity index (χ0) is 6.10. The van der Waals surface area contributed by atoms with Gasteiger partial charge >= 0.3 is 0 Å². The van der Waals surface area contributed by atoms with E-state index in [1.54, 1.807) is 5.57 Å². The second kappa shape index (κ2) is 2.25. The lowest BCUT2D eigenvalue weighted by atomic mass is 10.1. The molecule has 2 aliphatic rings. The molecule has 0 aliphatic carbocycles. The minimum absolute atomic E-state index is 1.20. The number of allylic oxidation sites excluding steroid dienone is 1. The molecule has 1 N–H and O–H groups in total. The molecule has 2 heterocycles. The van der Waals surface area contributed by atoms with Crippen LogP contribution in [0.4, 0.5) is 0 Å². The molecule has 1 nitrogen and oxygen atoms in total. The molecule has 2 rings (SSSR count). The van der Waals surface area contributed by atoms with Gasteiger partial charge in [-0.3, -0.25) is 0 Å². The summed E-state index contributed by atoms with van der Waals surface area (Å²) in [5, 5.41) is 4.92. The SMILES string of the molecule is C1CNC2=C(C1)CCS2. The van der Waals surface area contributed by atoms with E-state index in [1.807, 2.05) is 11.8 Å².